The molecule has 7 nitrogen and oxygen atoms in total. The second-order valence-electron chi connectivity index (χ2n) is 5.19. The summed E-state index contributed by atoms with van der Waals surface area (Å²) in [7, 11) is 0. The molecule has 1 amide bonds. The van der Waals surface area contributed by atoms with Gasteiger partial charge in [-0.2, -0.15) is 0 Å². The Morgan fingerprint density at radius 2 is 2.00 bits per heavy atom. The van der Waals surface area contributed by atoms with Crippen molar-refractivity contribution < 1.29 is 23.6 Å². The number of hydrogen-bond donors (Lipinski definition) is 1. The van der Waals surface area contributed by atoms with Gasteiger partial charge in [0.25, 0.3) is 11.6 Å². The monoisotopic (exact) mass is 378 g/mol. The largest absolute Gasteiger partial charge is 0.449 e. The molecule has 0 saturated carbocycles. The van der Waals surface area contributed by atoms with Crippen LogP contribution in [0.1, 0.15) is 17.3 Å². The fraction of sp³-hybridized carbons (Fsp3) is 0.176. The summed E-state index contributed by atoms with van der Waals surface area (Å²) in [5.74, 6) is -2.05. The maximum Gasteiger partial charge on any atom is 0.339 e. The van der Waals surface area contributed by atoms with E-state index in [0.717, 1.165) is 12.1 Å². The second kappa shape index (κ2) is 8.43. The van der Waals surface area contributed by atoms with Gasteiger partial charge in [-0.15, -0.1) is 11.8 Å². The van der Waals surface area contributed by atoms with Crippen molar-refractivity contribution in [3.05, 3.63) is 64.0 Å². The van der Waals surface area contributed by atoms with Crippen molar-refractivity contribution in [3.63, 3.8) is 0 Å². The van der Waals surface area contributed by atoms with E-state index in [1.165, 1.54) is 49.0 Å². The molecule has 0 heterocycles. The first kappa shape index (κ1) is 19.4. The quantitative estimate of drug-likeness (QED) is 0.357. The van der Waals surface area contributed by atoms with E-state index in [2.05, 4.69) is 5.32 Å². The summed E-state index contributed by atoms with van der Waals surface area (Å²) in [5, 5.41) is 13.5. The number of hydrogen-bond acceptors (Lipinski definition) is 6. The number of anilines is 1. The van der Waals surface area contributed by atoms with Crippen LogP contribution in [-0.2, 0) is 9.53 Å². The zero-order valence-corrected chi connectivity index (χ0v) is 14.7. The molecule has 0 fully saturated rings. The van der Waals surface area contributed by atoms with Gasteiger partial charge in [0.05, 0.1) is 15.4 Å². The molecule has 0 aliphatic heterocycles. The number of halogens is 1. The summed E-state index contributed by atoms with van der Waals surface area (Å²) in [6.07, 6.45) is 0.504. The van der Waals surface area contributed by atoms with Gasteiger partial charge in [0, 0.05) is 11.8 Å². The lowest BCUT2D eigenvalue weighted by Gasteiger charge is -2.13. The van der Waals surface area contributed by atoms with Crippen molar-refractivity contribution in [2.45, 2.75) is 17.9 Å². The molecule has 26 heavy (non-hydrogen) atoms. The standard InChI is InChI=1S/C17H15FN2O5S/c1-10(16(21)19-13-5-3-4-12(18)9-13)25-17(22)11-6-7-15(26-2)14(8-11)20(23)24/h3-10H,1-2H3,(H,19,21)/t10-/m0/s1. The Hall–Kier alpha value is -2.94. The van der Waals surface area contributed by atoms with Gasteiger partial charge >= 0.3 is 5.97 Å². The molecule has 2 aromatic carbocycles. The molecule has 0 unspecified atom stereocenters. The SMILES string of the molecule is CSc1ccc(C(=O)O[C@@H](C)C(=O)Nc2cccc(F)c2)cc1[N+](=O)[O-]. The van der Waals surface area contributed by atoms with Crippen LogP contribution in [0.15, 0.2) is 47.4 Å². The van der Waals surface area contributed by atoms with E-state index >= 15 is 0 Å². The molecule has 0 bridgehead atoms. The van der Waals surface area contributed by atoms with Crippen molar-refractivity contribution >= 4 is 35.0 Å². The molecule has 0 spiro atoms. The molecule has 0 aliphatic carbocycles. The number of amides is 1. The van der Waals surface area contributed by atoms with E-state index in [0.29, 0.717) is 4.90 Å². The molecule has 2 aromatic rings. The summed E-state index contributed by atoms with van der Waals surface area (Å²) in [4.78, 5) is 35.1. The number of thioether (sulfide) groups is 1. The molecule has 1 atom stereocenters. The topological polar surface area (TPSA) is 98.5 Å². The minimum Gasteiger partial charge on any atom is -0.449 e. The van der Waals surface area contributed by atoms with E-state index in [1.54, 1.807) is 6.26 Å². The number of ether oxygens (including phenoxy) is 1. The van der Waals surface area contributed by atoms with Crippen molar-refractivity contribution in [1.82, 2.24) is 0 Å². The van der Waals surface area contributed by atoms with E-state index in [4.69, 9.17) is 4.74 Å². The number of nitro groups is 1. The van der Waals surface area contributed by atoms with Crippen LogP contribution in [0.5, 0.6) is 0 Å². The van der Waals surface area contributed by atoms with Crippen molar-refractivity contribution in [1.29, 1.82) is 0 Å². The highest BCUT2D eigenvalue weighted by Gasteiger charge is 2.22. The van der Waals surface area contributed by atoms with Gasteiger partial charge in [-0.05, 0) is 43.5 Å². The number of nitrogens with zero attached hydrogens (tertiary/aromatic N) is 1. The number of carbonyl (C=O) groups excluding carboxylic acids is 2. The Morgan fingerprint density at radius 1 is 1.27 bits per heavy atom. The Balaban J connectivity index is 2.07. The first-order chi connectivity index (χ1) is 12.3. The van der Waals surface area contributed by atoms with Crippen LogP contribution in [0.4, 0.5) is 15.8 Å². The first-order valence-electron chi connectivity index (χ1n) is 7.41. The van der Waals surface area contributed by atoms with Gasteiger partial charge in [0.2, 0.25) is 0 Å². The predicted octanol–water partition coefficient (Wildman–Crippen LogP) is 3.64. The molecule has 0 radical (unpaired) electrons. The van der Waals surface area contributed by atoms with Gasteiger partial charge in [-0.1, -0.05) is 6.07 Å². The molecule has 0 saturated heterocycles. The number of nitrogens with one attached hydrogen (secondary N) is 1. The Kier molecular flexibility index (Phi) is 6.29. The number of esters is 1. The predicted molar refractivity (Wildman–Crippen MR) is 94.8 cm³/mol. The van der Waals surface area contributed by atoms with Gasteiger partial charge in [0.15, 0.2) is 6.10 Å². The van der Waals surface area contributed by atoms with Crippen LogP contribution in [0.2, 0.25) is 0 Å². The number of rotatable bonds is 6. The highest BCUT2D eigenvalue weighted by Crippen LogP contribution is 2.28. The summed E-state index contributed by atoms with van der Waals surface area (Å²) in [6, 6.07) is 9.19. The summed E-state index contributed by atoms with van der Waals surface area (Å²) in [6.45, 7) is 1.34. The zero-order valence-electron chi connectivity index (χ0n) is 13.9. The van der Waals surface area contributed by atoms with Crippen LogP contribution in [0, 0.1) is 15.9 Å². The number of benzene rings is 2. The maximum absolute atomic E-state index is 13.1. The fourth-order valence-electron chi connectivity index (χ4n) is 2.05. The van der Waals surface area contributed by atoms with Crippen molar-refractivity contribution in [2.75, 3.05) is 11.6 Å². The van der Waals surface area contributed by atoms with Gasteiger partial charge in [0.1, 0.15) is 5.82 Å². The lowest BCUT2D eigenvalue weighted by molar-refractivity contribution is -0.387. The smallest absolute Gasteiger partial charge is 0.339 e. The average molecular weight is 378 g/mol. The molecule has 1 N–H and O–H groups in total. The van der Waals surface area contributed by atoms with Gasteiger partial charge in [-0.3, -0.25) is 14.9 Å². The summed E-state index contributed by atoms with van der Waals surface area (Å²) >= 11 is 1.18. The van der Waals surface area contributed by atoms with E-state index in [9.17, 15) is 24.1 Å². The van der Waals surface area contributed by atoms with Crippen LogP contribution in [0.3, 0.4) is 0 Å². The number of carbonyl (C=O) groups is 2. The van der Waals surface area contributed by atoms with Gasteiger partial charge in [-0.25, -0.2) is 9.18 Å². The third kappa shape index (κ3) is 4.79. The fourth-order valence-corrected chi connectivity index (χ4v) is 2.60. The maximum atomic E-state index is 13.1. The van der Waals surface area contributed by atoms with Crippen molar-refractivity contribution in [3.8, 4) is 0 Å². The lowest BCUT2D eigenvalue weighted by Crippen LogP contribution is -2.30. The Labute approximate surface area is 152 Å². The third-order valence-electron chi connectivity index (χ3n) is 3.36. The Bertz CT molecular complexity index is 859. The molecule has 2 rings (SSSR count). The highest BCUT2D eigenvalue weighted by molar-refractivity contribution is 7.98. The molecule has 9 heteroatoms. The molecular formula is C17H15FN2O5S. The van der Waals surface area contributed by atoms with E-state index in [-0.39, 0.29) is 16.9 Å². The van der Waals surface area contributed by atoms with Crippen LogP contribution in [-0.4, -0.2) is 29.2 Å². The van der Waals surface area contributed by atoms with Gasteiger partial charge < -0.3 is 10.1 Å². The first-order valence-corrected chi connectivity index (χ1v) is 8.64. The van der Waals surface area contributed by atoms with Crippen molar-refractivity contribution in [2.24, 2.45) is 0 Å². The highest BCUT2D eigenvalue weighted by atomic mass is 32.2. The Morgan fingerprint density at radius 3 is 2.62 bits per heavy atom. The molecule has 0 aliphatic rings. The lowest BCUT2D eigenvalue weighted by atomic mass is 10.2. The van der Waals surface area contributed by atoms with E-state index in [1.807, 2.05) is 0 Å². The molecule has 136 valence electrons. The van der Waals surface area contributed by atoms with E-state index < -0.39 is 28.7 Å². The normalized spacial score (nSPS) is 11.5. The minimum atomic E-state index is -1.18. The molecular weight excluding hydrogens is 363 g/mol. The summed E-state index contributed by atoms with van der Waals surface area (Å²) in [5.41, 5.74) is -0.0402. The average Bonchev–Trinajstić information content (AvgIpc) is 2.60. The van der Waals surface area contributed by atoms with Crippen LogP contribution >= 0.6 is 11.8 Å². The van der Waals surface area contributed by atoms with Crippen LogP contribution in [0.25, 0.3) is 0 Å². The third-order valence-corrected chi connectivity index (χ3v) is 4.14. The summed E-state index contributed by atoms with van der Waals surface area (Å²) < 4.78 is 18.2. The zero-order chi connectivity index (χ0) is 19.3. The molecule has 0 aromatic heterocycles. The van der Waals surface area contributed by atoms with Crippen LogP contribution < -0.4 is 5.32 Å². The second-order valence-corrected chi connectivity index (χ2v) is 6.04. The number of nitro benzene ring substituents is 1. The minimum absolute atomic E-state index is 0.0418.